The van der Waals surface area contributed by atoms with Crippen molar-refractivity contribution < 1.29 is 4.65 Å². The van der Waals surface area contributed by atoms with Gasteiger partial charge in [0.05, 0.1) is 5.60 Å². The first-order chi connectivity index (χ1) is 7.22. The normalized spacial score (nSPS) is 12.6. The number of nitrogens with two attached hydrogens (primary N) is 1. The minimum absolute atomic E-state index is 0.00379. The van der Waals surface area contributed by atoms with E-state index < -0.39 is 0 Å². The molecule has 0 bridgehead atoms. The second kappa shape index (κ2) is 4.77. The topological polar surface area (TPSA) is 35.2 Å². The van der Waals surface area contributed by atoms with Crippen molar-refractivity contribution >= 4 is 27.9 Å². The SMILES string of the molecule is CC(C)(P)C(C)(C)O[B]c1cccc(N)c1. The van der Waals surface area contributed by atoms with Crippen LogP contribution in [-0.4, -0.2) is 18.2 Å². The van der Waals surface area contributed by atoms with Crippen LogP contribution < -0.4 is 11.2 Å². The average Bonchev–Trinajstić information content (AvgIpc) is 2.13. The Bertz CT molecular complexity index is 360. The summed E-state index contributed by atoms with van der Waals surface area (Å²) < 4.78 is 5.83. The van der Waals surface area contributed by atoms with Gasteiger partial charge >= 0.3 is 7.48 Å². The first kappa shape index (κ1) is 13.5. The summed E-state index contributed by atoms with van der Waals surface area (Å²) in [6.45, 7) is 8.40. The third-order valence-electron chi connectivity index (χ3n) is 2.95. The fraction of sp³-hybridized carbons (Fsp3) is 0.500. The Balaban J connectivity index is 2.65. The third-order valence-corrected chi connectivity index (χ3v) is 3.65. The summed E-state index contributed by atoms with van der Waals surface area (Å²) in [6, 6.07) is 7.65. The predicted molar refractivity (Wildman–Crippen MR) is 75.2 cm³/mol. The summed E-state index contributed by atoms with van der Waals surface area (Å²) in [6.07, 6.45) is 0. The maximum atomic E-state index is 5.83. The lowest BCUT2D eigenvalue weighted by Gasteiger charge is -2.39. The summed E-state index contributed by atoms with van der Waals surface area (Å²) in [5, 5.41) is 0.00379. The summed E-state index contributed by atoms with van der Waals surface area (Å²) >= 11 is 0. The molecule has 0 amide bonds. The molecule has 0 saturated carbocycles. The van der Waals surface area contributed by atoms with E-state index in [1.54, 1.807) is 7.48 Å². The molecule has 0 aliphatic heterocycles. The van der Waals surface area contributed by atoms with Gasteiger partial charge in [-0.3, -0.25) is 0 Å². The van der Waals surface area contributed by atoms with Crippen molar-refractivity contribution in [2.24, 2.45) is 0 Å². The monoisotopic (exact) mass is 236 g/mol. The maximum Gasteiger partial charge on any atom is 0.330 e. The molecule has 1 aromatic rings. The van der Waals surface area contributed by atoms with Crippen molar-refractivity contribution in [3.8, 4) is 0 Å². The highest BCUT2D eigenvalue weighted by atomic mass is 31.0. The zero-order valence-electron chi connectivity index (χ0n) is 10.4. The van der Waals surface area contributed by atoms with Crippen LogP contribution in [0.25, 0.3) is 0 Å². The summed E-state index contributed by atoms with van der Waals surface area (Å²) in [7, 11) is 4.58. The lowest BCUT2D eigenvalue weighted by atomic mass is 9.84. The van der Waals surface area contributed by atoms with E-state index in [2.05, 4.69) is 36.9 Å². The lowest BCUT2D eigenvalue weighted by molar-refractivity contribution is 0.0841. The second-order valence-electron chi connectivity index (χ2n) is 5.14. The molecule has 0 spiro atoms. The van der Waals surface area contributed by atoms with Crippen LogP contribution in [0.1, 0.15) is 27.7 Å². The molecule has 0 aliphatic rings. The molecule has 0 aromatic heterocycles. The van der Waals surface area contributed by atoms with E-state index in [4.69, 9.17) is 10.4 Å². The molecule has 0 saturated heterocycles. The zero-order chi connectivity index (χ0) is 12.4. The van der Waals surface area contributed by atoms with Crippen molar-refractivity contribution in [1.29, 1.82) is 0 Å². The lowest BCUT2D eigenvalue weighted by Crippen LogP contribution is -2.45. The van der Waals surface area contributed by atoms with Crippen LogP contribution in [0.2, 0.25) is 0 Å². The molecule has 16 heavy (non-hydrogen) atoms. The van der Waals surface area contributed by atoms with Gasteiger partial charge in [-0.05, 0) is 26.0 Å². The van der Waals surface area contributed by atoms with Crippen LogP contribution in [-0.2, 0) is 4.65 Å². The Morgan fingerprint density at radius 2 is 1.88 bits per heavy atom. The van der Waals surface area contributed by atoms with Gasteiger partial charge in [-0.15, -0.1) is 9.24 Å². The molecule has 0 fully saturated rings. The first-order valence-electron chi connectivity index (χ1n) is 5.38. The molecule has 4 heteroatoms. The number of rotatable bonds is 4. The molecule has 1 aromatic carbocycles. The highest BCUT2D eigenvalue weighted by molar-refractivity contribution is 7.19. The Hall–Kier alpha value is -0.525. The smallest absolute Gasteiger partial charge is 0.330 e. The molecular formula is C12H20BNOP. The molecule has 0 aliphatic carbocycles. The maximum absolute atomic E-state index is 5.83. The van der Waals surface area contributed by atoms with Gasteiger partial charge < -0.3 is 10.4 Å². The Morgan fingerprint density at radius 3 is 2.38 bits per heavy atom. The quantitative estimate of drug-likeness (QED) is 0.492. The molecule has 1 radical (unpaired) electrons. The first-order valence-corrected chi connectivity index (χ1v) is 5.95. The van der Waals surface area contributed by atoms with E-state index in [1.807, 2.05) is 24.3 Å². The van der Waals surface area contributed by atoms with Crippen LogP contribution in [0.5, 0.6) is 0 Å². The van der Waals surface area contributed by atoms with Crippen molar-refractivity contribution in [2.75, 3.05) is 5.73 Å². The highest BCUT2D eigenvalue weighted by Gasteiger charge is 2.33. The molecule has 2 nitrogen and oxygen atoms in total. The van der Waals surface area contributed by atoms with Gasteiger partial charge in [0.2, 0.25) is 0 Å². The number of hydrogen-bond acceptors (Lipinski definition) is 2. The average molecular weight is 236 g/mol. The van der Waals surface area contributed by atoms with E-state index >= 15 is 0 Å². The van der Waals surface area contributed by atoms with Gasteiger partial charge in [-0.1, -0.05) is 31.4 Å². The van der Waals surface area contributed by atoms with Gasteiger partial charge in [0, 0.05) is 10.8 Å². The number of hydrogen-bond donors (Lipinski definition) is 1. The minimum Gasteiger partial charge on any atom is -0.429 e. The summed E-state index contributed by atoms with van der Waals surface area (Å²) in [4.78, 5) is 0. The molecule has 1 rings (SSSR count). The summed E-state index contributed by atoms with van der Waals surface area (Å²) in [5.74, 6) is 0. The van der Waals surface area contributed by atoms with Crippen LogP contribution in [0, 0.1) is 0 Å². The van der Waals surface area contributed by atoms with Gasteiger partial charge in [-0.25, -0.2) is 0 Å². The van der Waals surface area contributed by atoms with Crippen molar-refractivity contribution in [3.63, 3.8) is 0 Å². The third kappa shape index (κ3) is 3.50. The summed E-state index contributed by atoms with van der Waals surface area (Å²) in [5.41, 5.74) is 7.19. The van der Waals surface area contributed by atoms with Crippen molar-refractivity contribution in [1.82, 2.24) is 0 Å². The minimum atomic E-state index is -0.248. The number of nitrogen functional groups attached to an aromatic ring is 1. The zero-order valence-corrected chi connectivity index (χ0v) is 11.6. The van der Waals surface area contributed by atoms with Gasteiger partial charge in [0.15, 0.2) is 0 Å². The van der Waals surface area contributed by atoms with E-state index in [0.717, 1.165) is 11.2 Å². The van der Waals surface area contributed by atoms with E-state index in [9.17, 15) is 0 Å². The predicted octanol–water partition coefficient (Wildman–Crippen LogP) is 1.96. The van der Waals surface area contributed by atoms with Gasteiger partial charge in [-0.2, -0.15) is 0 Å². The highest BCUT2D eigenvalue weighted by Crippen LogP contribution is 2.32. The number of benzene rings is 1. The van der Waals surface area contributed by atoms with Crippen molar-refractivity contribution in [3.05, 3.63) is 24.3 Å². The van der Waals surface area contributed by atoms with Gasteiger partial charge in [0.1, 0.15) is 0 Å². The number of anilines is 1. The Kier molecular flexibility index (Phi) is 4.04. The van der Waals surface area contributed by atoms with Crippen LogP contribution in [0.3, 0.4) is 0 Å². The van der Waals surface area contributed by atoms with Crippen molar-refractivity contribution in [2.45, 2.75) is 38.5 Å². The van der Waals surface area contributed by atoms with E-state index in [-0.39, 0.29) is 10.8 Å². The fourth-order valence-electron chi connectivity index (χ4n) is 1.000. The second-order valence-corrected chi connectivity index (χ2v) is 6.58. The standard InChI is InChI=1S/C12H20BNOP/c1-11(2,12(3,4)16)15-13-9-6-5-7-10(14)8-9/h5-8H,14,16H2,1-4H3. The van der Waals surface area contributed by atoms with Crippen LogP contribution in [0.15, 0.2) is 24.3 Å². The van der Waals surface area contributed by atoms with Gasteiger partial charge in [0.25, 0.3) is 0 Å². The molecule has 1 atom stereocenters. The van der Waals surface area contributed by atoms with E-state index in [0.29, 0.717) is 0 Å². The Morgan fingerprint density at radius 1 is 1.25 bits per heavy atom. The fourth-order valence-corrected chi connectivity index (χ4v) is 1.07. The molecule has 87 valence electrons. The van der Waals surface area contributed by atoms with Crippen LogP contribution in [0.4, 0.5) is 5.69 Å². The Labute approximate surface area is 101 Å². The molecule has 1 unspecified atom stereocenters. The van der Waals surface area contributed by atoms with Crippen LogP contribution >= 0.6 is 9.24 Å². The largest absolute Gasteiger partial charge is 0.429 e. The molecule has 0 heterocycles. The molecule has 2 N–H and O–H groups in total. The molecular weight excluding hydrogens is 216 g/mol. The van der Waals surface area contributed by atoms with E-state index in [1.165, 1.54) is 0 Å².